The van der Waals surface area contributed by atoms with Gasteiger partial charge in [-0.2, -0.15) is 0 Å². The molecule has 13 heteroatoms. The zero-order valence-corrected chi connectivity index (χ0v) is 24.1. The third-order valence-corrected chi connectivity index (χ3v) is 8.87. The fourth-order valence-corrected chi connectivity index (χ4v) is 7.08. The number of fused-ring (bicyclic) bond motifs is 7. The van der Waals surface area contributed by atoms with E-state index in [1.54, 1.807) is 24.0 Å². The van der Waals surface area contributed by atoms with Gasteiger partial charge >= 0.3 is 6.16 Å². The molecule has 1 aliphatic carbocycles. The van der Waals surface area contributed by atoms with Crippen LogP contribution in [0.4, 0.5) is 13.6 Å². The average molecular weight is 622 g/mol. The largest absolute Gasteiger partial charge is 0.511 e. The molecule has 7 rings (SSSR count). The number of thiophene rings is 1. The number of pyridine rings is 1. The zero-order chi connectivity index (χ0) is 30.5. The highest BCUT2D eigenvalue weighted by molar-refractivity contribution is 7.14. The van der Waals surface area contributed by atoms with Crippen molar-refractivity contribution in [3.63, 3.8) is 0 Å². The molecule has 4 heterocycles. The van der Waals surface area contributed by atoms with Crippen molar-refractivity contribution in [2.24, 2.45) is 0 Å². The van der Waals surface area contributed by atoms with E-state index in [0.29, 0.717) is 11.1 Å². The van der Waals surface area contributed by atoms with Crippen LogP contribution in [0.25, 0.3) is 21.6 Å². The van der Waals surface area contributed by atoms with Gasteiger partial charge in [-0.05, 0) is 41.1 Å². The van der Waals surface area contributed by atoms with Gasteiger partial charge in [0.2, 0.25) is 18.0 Å². The Bertz CT molecular complexity index is 1860. The first kappa shape index (κ1) is 28.0. The van der Waals surface area contributed by atoms with Crippen molar-refractivity contribution >= 4 is 23.4 Å². The predicted molar refractivity (Wildman–Crippen MR) is 155 cm³/mol. The Hall–Kier alpha value is -4.75. The minimum absolute atomic E-state index is 0.0789. The van der Waals surface area contributed by atoms with E-state index in [-0.39, 0.29) is 43.4 Å². The first-order valence-electron chi connectivity index (χ1n) is 13.9. The standard InChI is InChI=1S/C31H25F2N3O7S/c1-2-41-31(39)43-16-42-28-22(37)9-11-35-27(28)30(38)34-12-13-40-15-23(34)36(35)26-17-5-3-4-6-18(17)29-20(10-14-44-29)24-19(26)7-8-21(32)25(24)33/h3-11,14,23,26H,2,12-13,15-16H2,1H3/t23-,26-/m1/s1. The van der Waals surface area contributed by atoms with Crippen LogP contribution in [0.3, 0.4) is 0 Å². The topological polar surface area (TPSA) is 99.5 Å². The molecule has 2 aliphatic heterocycles. The summed E-state index contributed by atoms with van der Waals surface area (Å²) in [6.07, 6.45) is -0.235. The molecule has 10 nitrogen and oxygen atoms in total. The Morgan fingerprint density at radius 1 is 1.05 bits per heavy atom. The van der Waals surface area contributed by atoms with Crippen molar-refractivity contribution < 1.29 is 37.3 Å². The molecule has 1 amide bonds. The molecule has 0 unspecified atom stereocenters. The quantitative estimate of drug-likeness (QED) is 0.230. The molecule has 1 saturated heterocycles. The molecular formula is C31H25F2N3O7S. The van der Waals surface area contributed by atoms with Crippen LogP contribution < -0.4 is 15.2 Å². The van der Waals surface area contributed by atoms with Crippen LogP contribution in [-0.2, 0) is 14.2 Å². The van der Waals surface area contributed by atoms with E-state index < -0.39 is 48.1 Å². The van der Waals surface area contributed by atoms with Gasteiger partial charge in [0.15, 0.2) is 17.3 Å². The predicted octanol–water partition coefficient (Wildman–Crippen LogP) is 4.88. The number of hydrogen-bond acceptors (Lipinski definition) is 9. The summed E-state index contributed by atoms with van der Waals surface area (Å²) in [6, 6.07) is 12.5. The third kappa shape index (κ3) is 4.34. The van der Waals surface area contributed by atoms with Gasteiger partial charge in [0.1, 0.15) is 6.17 Å². The van der Waals surface area contributed by atoms with Gasteiger partial charge in [0.05, 0.1) is 25.9 Å². The highest BCUT2D eigenvalue weighted by Crippen LogP contribution is 2.51. The normalized spacial score (nSPS) is 18.3. The van der Waals surface area contributed by atoms with Gasteiger partial charge in [-0.15, -0.1) is 11.3 Å². The van der Waals surface area contributed by atoms with Crippen LogP contribution in [0.1, 0.15) is 34.6 Å². The van der Waals surface area contributed by atoms with Gasteiger partial charge in [-0.3, -0.25) is 19.3 Å². The van der Waals surface area contributed by atoms with Gasteiger partial charge in [-0.1, -0.05) is 30.3 Å². The number of benzene rings is 2. The number of aromatic nitrogens is 1. The van der Waals surface area contributed by atoms with Gasteiger partial charge < -0.3 is 23.8 Å². The highest BCUT2D eigenvalue weighted by atomic mass is 32.1. The average Bonchev–Trinajstić information content (AvgIpc) is 3.47. The summed E-state index contributed by atoms with van der Waals surface area (Å²) in [5.41, 5.74) is 2.02. The number of carbonyl (C=O) groups excluding carboxylic acids is 2. The summed E-state index contributed by atoms with van der Waals surface area (Å²) in [5.74, 6) is -2.79. The minimum atomic E-state index is -0.994. The Kier molecular flexibility index (Phi) is 7.05. The Morgan fingerprint density at radius 2 is 1.89 bits per heavy atom. The van der Waals surface area contributed by atoms with Crippen molar-refractivity contribution in [3.8, 4) is 27.3 Å². The van der Waals surface area contributed by atoms with E-state index in [1.807, 2.05) is 34.7 Å². The number of amides is 1. The maximum atomic E-state index is 15.9. The van der Waals surface area contributed by atoms with E-state index >= 15 is 4.39 Å². The van der Waals surface area contributed by atoms with Gasteiger partial charge in [-0.25, -0.2) is 13.6 Å². The maximum absolute atomic E-state index is 15.9. The lowest BCUT2D eigenvalue weighted by molar-refractivity contribution is -0.0210. The fraction of sp³-hybridized carbons (Fsp3) is 0.258. The van der Waals surface area contributed by atoms with E-state index in [0.717, 1.165) is 22.1 Å². The van der Waals surface area contributed by atoms with Crippen LogP contribution in [0.2, 0.25) is 0 Å². The van der Waals surface area contributed by atoms with E-state index in [9.17, 15) is 18.8 Å². The van der Waals surface area contributed by atoms with Crippen molar-refractivity contribution in [1.29, 1.82) is 0 Å². The first-order valence-corrected chi connectivity index (χ1v) is 14.8. The molecule has 4 aromatic rings. The van der Waals surface area contributed by atoms with Gasteiger partial charge in [0.25, 0.3) is 5.91 Å². The number of carbonyl (C=O) groups is 2. The summed E-state index contributed by atoms with van der Waals surface area (Å²) in [5, 5.41) is 3.67. The Balaban J connectivity index is 1.46. The van der Waals surface area contributed by atoms with Crippen LogP contribution >= 0.6 is 11.3 Å². The second-order valence-electron chi connectivity index (χ2n) is 10.2. The number of rotatable bonds is 5. The van der Waals surface area contributed by atoms with E-state index in [4.69, 9.17) is 18.9 Å². The Labute approximate surface area is 253 Å². The van der Waals surface area contributed by atoms with Crippen molar-refractivity contribution in [3.05, 3.63) is 98.8 Å². The molecule has 0 bridgehead atoms. The Morgan fingerprint density at radius 3 is 2.73 bits per heavy atom. The van der Waals surface area contributed by atoms with E-state index in [1.165, 1.54) is 28.3 Å². The van der Waals surface area contributed by atoms with Crippen molar-refractivity contribution in [2.45, 2.75) is 19.1 Å². The van der Waals surface area contributed by atoms with Crippen LogP contribution in [0, 0.1) is 11.6 Å². The smallest absolute Gasteiger partial charge is 0.451 e. The number of hydrogen-bond donors (Lipinski definition) is 0. The first-order chi connectivity index (χ1) is 21.4. The van der Waals surface area contributed by atoms with Gasteiger partial charge in [0, 0.05) is 34.8 Å². The SMILES string of the molecule is CCOC(=O)OCOc1c2n(ccc1=O)N([C@@H]1c3ccccc3-c3sccc3-c3c1ccc(F)c3F)[C@@H]1COCCN1C2=O. The fourth-order valence-electron chi connectivity index (χ4n) is 6.13. The molecule has 2 atom stereocenters. The highest BCUT2D eigenvalue weighted by Gasteiger charge is 2.47. The molecule has 3 aliphatic rings. The summed E-state index contributed by atoms with van der Waals surface area (Å²) < 4.78 is 53.3. The number of halogens is 2. The van der Waals surface area contributed by atoms with E-state index in [2.05, 4.69) is 0 Å². The minimum Gasteiger partial charge on any atom is -0.451 e. The molecule has 44 heavy (non-hydrogen) atoms. The van der Waals surface area contributed by atoms with Crippen molar-refractivity contribution in [2.75, 3.05) is 38.2 Å². The molecule has 1 fully saturated rings. The second kappa shape index (κ2) is 11.1. The molecular weight excluding hydrogens is 596 g/mol. The summed E-state index contributed by atoms with van der Waals surface area (Å²) in [6.45, 7) is 1.58. The van der Waals surface area contributed by atoms with Crippen LogP contribution in [-0.4, -0.2) is 61.0 Å². The molecule has 0 spiro atoms. The summed E-state index contributed by atoms with van der Waals surface area (Å²) in [4.78, 5) is 41.2. The number of nitrogens with zero attached hydrogens (tertiary/aromatic N) is 3. The molecule has 0 N–H and O–H groups in total. The monoisotopic (exact) mass is 621 g/mol. The number of ether oxygens (including phenoxy) is 4. The van der Waals surface area contributed by atoms with Crippen LogP contribution in [0.15, 0.2) is 64.9 Å². The third-order valence-electron chi connectivity index (χ3n) is 7.92. The van der Waals surface area contributed by atoms with Crippen LogP contribution in [0.5, 0.6) is 5.75 Å². The number of morpholine rings is 1. The summed E-state index contributed by atoms with van der Waals surface area (Å²) >= 11 is 1.42. The molecule has 0 radical (unpaired) electrons. The lowest BCUT2D eigenvalue weighted by Gasteiger charge is -2.51. The lowest BCUT2D eigenvalue weighted by atomic mass is 9.92. The summed E-state index contributed by atoms with van der Waals surface area (Å²) in [7, 11) is 0. The maximum Gasteiger partial charge on any atom is 0.511 e. The lowest BCUT2D eigenvalue weighted by Crippen LogP contribution is -2.66. The molecule has 2 aromatic heterocycles. The zero-order valence-electron chi connectivity index (χ0n) is 23.3. The second-order valence-corrected chi connectivity index (χ2v) is 11.1. The molecule has 0 saturated carbocycles. The van der Waals surface area contributed by atoms with Crippen molar-refractivity contribution in [1.82, 2.24) is 9.58 Å². The molecule has 226 valence electrons. The molecule has 2 aromatic carbocycles.